The van der Waals surface area contributed by atoms with Crippen molar-refractivity contribution in [3.8, 4) is 11.4 Å². The van der Waals surface area contributed by atoms with Crippen LogP contribution in [0.4, 0.5) is 5.82 Å². The maximum absolute atomic E-state index is 6.03. The molecule has 0 fully saturated rings. The van der Waals surface area contributed by atoms with E-state index in [2.05, 4.69) is 53.6 Å². The van der Waals surface area contributed by atoms with Crippen LogP contribution in [0.3, 0.4) is 0 Å². The first-order valence-corrected chi connectivity index (χ1v) is 7.40. The van der Waals surface area contributed by atoms with E-state index in [0.29, 0.717) is 11.6 Å². The molecule has 0 saturated heterocycles. The van der Waals surface area contributed by atoms with Crippen LogP contribution in [0.15, 0.2) is 22.9 Å². The van der Waals surface area contributed by atoms with Gasteiger partial charge in [0.05, 0.1) is 10.2 Å². The third kappa shape index (κ3) is 2.82. The standard InChI is InChI=1S/C15H19BrN4/c1-5-9-8-18-7-6-10(9)14-19-12(15(2,3)4)11(16)13(17)20-14/h6-8H,5H2,1-4H3,(H2,17,19,20). The monoisotopic (exact) mass is 334 g/mol. The molecule has 0 aliphatic heterocycles. The number of halogens is 1. The average Bonchev–Trinajstić information content (AvgIpc) is 2.40. The lowest BCUT2D eigenvalue weighted by Crippen LogP contribution is -2.17. The van der Waals surface area contributed by atoms with E-state index in [1.165, 1.54) is 0 Å². The van der Waals surface area contributed by atoms with Gasteiger partial charge in [-0.25, -0.2) is 9.97 Å². The molecule has 106 valence electrons. The summed E-state index contributed by atoms with van der Waals surface area (Å²) in [5, 5.41) is 0. The van der Waals surface area contributed by atoms with Gasteiger partial charge < -0.3 is 5.73 Å². The first kappa shape index (κ1) is 14.9. The molecule has 0 aromatic carbocycles. The van der Waals surface area contributed by atoms with E-state index in [4.69, 9.17) is 10.7 Å². The molecule has 0 bridgehead atoms. The molecular formula is C15H19BrN4. The van der Waals surface area contributed by atoms with Crippen molar-refractivity contribution >= 4 is 21.7 Å². The van der Waals surface area contributed by atoms with Gasteiger partial charge in [-0.15, -0.1) is 0 Å². The van der Waals surface area contributed by atoms with Crippen LogP contribution < -0.4 is 5.73 Å². The normalized spacial score (nSPS) is 11.7. The van der Waals surface area contributed by atoms with Crippen molar-refractivity contribution in [1.82, 2.24) is 15.0 Å². The SMILES string of the molecule is CCc1cnccc1-c1nc(N)c(Br)c(C(C)(C)C)n1. The molecule has 0 aliphatic carbocycles. The Kier molecular flexibility index (Phi) is 4.09. The first-order valence-electron chi connectivity index (χ1n) is 6.61. The van der Waals surface area contributed by atoms with Crippen molar-refractivity contribution in [3.63, 3.8) is 0 Å². The zero-order chi connectivity index (χ0) is 14.9. The predicted molar refractivity (Wildman–Crippen MR) is 85.5 cm³/mol. The molecule has 0 aliphatic rings. The van der Waals surface area contributed by atoms with Crippen LogP contribution in [0.1, 0.15) is 39.0 Å². The van der Waals surface area contributed by atoms with Gasteiger partial charge in [0, 0.05) is 23.4 Å². The summed E-state index contributed by atoms with van der Waals surface area (Å²) < 4.78 is 0.779. The Labute approximate surface area is 128 Å². The van der Waals surface area contributed by atoms with Gasteiger partial charge in [-0.3, -0.25) is 4.98 Å². The molecule has 5 heteroatoms. The van der Waals surface area contributed by atoms with Crippen molar-refractivity contribution in [2.45, 2.75) is 39.5 Å². The topological polar surface area (TPSA) is 64.7 Å². The van der Waals surface area contributed by atoms with E-state index >= 15 is 0 Å². The molecule has 2 aromatic rings. The molecule has 4 nitrogen and oxygen atoms in total. The van der Waals surface area contributed by atoms with Crippen LogP contribution in [0.25, 0.3) is 11.4 Å². The second-order valence-corrected chi connectivity index (χ2v) is 6.52. The molecule has 0 spiro atoms. The summed E-state index contributed by atoms with van der Waals surface area (Å²) in [6, 6.07) is 1.94. The van der Waals surface area contributed by atoms with E-state index in [0.717, 1.165) is 27.7 Å². The number of hydrogen-bond donors (Lipinski definition) is 1. The molecular weight excluding hydrogens is 316 g/mol. The van der Waals surface area contributed by atoms with Gasteiger partial charge in [-0.2, -0.15) is 0 Å². The lowest BCUT2D eigenvalue weighted by molar-refractivity contribution is 0.564. The number of nitrogens with two attached hydrogens (primary N) is 1. The third-order valence-electron chi connectivity index (χ3n) is 3.11. The molecule has 0 saturated carbocycles. The summed E-state index contributed by atoms with van der Waals surface area (Å²) in [7, 11) is 0. The Morgan fingerprint density at radius 2 is 1.95 bits per heavy atom. The summed E-state index contributed by atoms with van der Waals surface area (Å²) >= 11 is 3.50. The molecule has 2 heterocycles. The maximum Gasteiger partial charge on any atom is 0.162 e. The van der Waals surface area contributed by atoms with Crippen LogP contribution in [-0.2, 0) is 11.8 Å². The second-order valence-electron chi connectivity index (χ2n) is 5.73. The number of rotatable bonds is 2. The number of nitrogens with zero attached hydrogens (tertiary/aromatic N) is 3. The minimum absolute atomic E-state index is 0.107. The summed E-state index contributed by atoms with van der Waals surface area (Å²) in [4.78, 5) is 13.3. The predicted octanol–water partition coefficient (Wildman–Crippen LogP) is 3.74. The fourth-order valence-corrected chi connectivity index (χ4v) is 2.78. The quantitative estimate of drug-likeness (QED) is 0.908. The largest absolute Gasteiger partial charge is 0.383 e. The molecule has 0 unspecified atom stereocenters. The highest BCUT2D eigenvalue weighted by molar-refractivity contribution is 9.10. The van der Waals surface area contributed by atoms with Gasteiger partial charge in [0.1, 0.15) is 5.82 Å². The Balaban J connectivity index is 2.67. The number of anilines is 1. The zero-order valence-electron chi connectivity index (χ0n) is 12.2. The second kappa shape index (κ2) is 5.48. The minimum Gasteiger partial charge on any atom is -0.383 e. The maximum atomic E-state index is 6.03. The van der Waals surface area contributed by atoms with Gasteiger partial charge in [0.25, 0.3) is 0 Å². The lowest BCUT2D eigenvalue weighted by atomic mass is 9.91. The number of nitrogen functional groups attached to an aromatic ring is 1. The van der Waals surface area contributed by atoms with Crippen molar-refractivity contribution in [2.75, 3.05) is 5.73 Å². The number of hydrogen-bond acceptors (Lipinski definition) is 4. The fraction of sp³-hybridized carbons (Fsp3) is 0.400. The Hall–Kier alpha value is -1.49. The Morgan fingerprint density at radius 1 is 1.25 bits per heavy atom. The van der Waals surface area contributed by atoms with E-state index in [-0.39, 0.29) is 5.41 Å². The van der Waals surface area contributed by atoms with Crippen molar-refractivity contribution in [2.24, 2.45) is 0 Å². The highest BCUT2D eigenvalue weighted by Crippen LogP contribution is 2.33. The Morgan fingerprint density at radius 3 is 2.55 bits per heavy atom. The van der Waals surface area contributed by atoms with E-state index < -0.39 is 0 Å². The highest BCUT2D eigenvalue weighted by Gasteiger charge is 2.23. The van der Waals surface area contributed by atoms with Crippen LogP contribution in [-0.4, -0.2) is 15.0 Å². The third-order valence-corrected chi connectivity index (χ3v) is 3.89. The van der Waals surface area contributed by atoms with Crippen LogP contribution in [0, 0.1) is 0 Å². The molecule has 2 aromatic heterocycles. The summed E-state index contributed by atoms with van der Waals surface area (Å²) in [5.74, 6) is 1.13. The molecule has 2 rings (SSSR count). The van der Waals surface area contributed by atoms with Gasteiger partial charge >= 0.3 is 0 Å². The summed E-state index contributed by atoms with van der Waals surface area (Å²) in [5.41, 5.74) is 8.95. The van der Waals surface area contributed by atoms with Gasteiger partial charge in [-0.05, 0) is 34.0 Å². The molecule has 2 N–H and O–H groups in total. The van der Waals surface area contributed by atoms with Crippen LogP contribution in [0.2, 0.25) is 0 Å². The molecule has 0 atom stereocenters. The molecule has 20 heavy (non-hydrogen) atoms. The van der Waals surface area contributed by atoms with E-state index in [9.17, 15) is 0 Å². The fourth-order valence-electron chi connectivity index (χ4n) is 2.01. The molecule has 0 amide bonds. The number of aryl methyl sites for hydroxylation is 1. The Bertz CT molecular complexity index is 632. The van der Waals surface area contributed by atoms with Crippen molar-refractivity contribution in [1.29, 1.82) is 0 Å². The van der Waals surface area contributed by atoms with E-state index in [1.807, 2.05) is 12.3 Å². The van der Waals surface area contributed by atoms with Crippen LogP contribution >= 0.6 is 15.9 Å². The molecule has 0 radical (unpaired) electrons. The zero-order valence-corrected chi connectivity index (χ0v) is 13.8. The van der Waals surface area contributed by atoms with Crippen molar-refractivity contribution < 1.29 is 0 Å². The van der Waals surface area contributed by atoms with Crippen molar-refractivity contribution in [3.05, 3.63) is 34.2 Å². The van der Waals surface area contributed by atoms with E-state index in [1.54, 1.807) is 6.20 Å². The highest BCUT2D eigenvalue weighted by atomic mass is 79.9. The van der Waals surface area contributed by atoms with Gasteiger partial charge in [0.2, 0.25) is 0 Å². The number of pyridine rings is 1. The van der Waals surface area contributed by atoms with Gasteiger partial charge in [0.15, 0.2) is 5.82 Å². The lowest BCUT2D eigenvalue weighted by Gasteiger charge is -2.21. The summed E-state index contributed by atoms with van der Waals surface area (Å²) in [6.07, 6.45) is 4.49. The first-order chi connectivity index (χ1) is 9.34. The summed E-state index contributed by atoms with van der Waals surface area (Å²) in [6.45, 7) is 8.41. The number of aromatic nitrogens is 3. The van der Waals surface area contributed by atoms with Gasteiger partial charge in [-0.1, -0.05) is 27.7 Å². The van der Waals surface area contributed by atoms with Crippen LogP contribution in [0.5, 0.6) is 0 Å². The smallest absolute Gasteiger partial charge is 0.162 e. The minimum atomic E-state index is -0.107. The average molecular weight is 335 g/mol.